The van der Waals surface area contributed by atoms with Crippen molar-refractivity contribution >= 4 is 5.71 Å². The SMILES string of the molecule is CC1=[N+](C)CCC1(C)c1ccccc1. The van der Waals surface area contributed by atoms with Crippen molar-refractivity contribution in [3.05, 3.63) is 35.9 Å². The van der Waals surface area contributed by atoms with Crippen LogP contribution in [0.5, 0.6) is 0 Å². The van der Waals surface area contributed by atoms with Gasteiger partial charge >= 0.3 is 0 Å². The van der Waals surface area contributed by atoms with E-state index in [9.17, 15) is 0 Å². The lowest BCUT2D eigenvalue weighted by Crippen LogP contribution is -2.28. The van der Waals surface area contributed by atoms with Gasteiger partial charge in [-0.1, -0.05) is 30.3 Å². The molecule has 14 heavy (non-hydrogen) atoms. The summed E-state index contributed by atoms with van der Waals surface area (Å²) in [6.07, 6.45) is 1.24. The Morgan fingerprint density at radius 3 is 2.36 bits per heavy atom. The summed E-state index contributed by atoms with van der Waals surface area (Å²) in [5.41, 5.74) is 3.20. The van der Waals surface area contributed by atoms with Gasteiger partial charge in [0.2, 0.25) is 0 Å². The Labute approximate surface area is 86.1 Å². The minimum Gasteiger partial charge on any atom is -0.239 e. The summed E-state index contributed by atoms with van der Waals surface area (Å²) in [6.45, 7) is 5.78. The van der Waals surface area contributed by atoms with Crippen molar-refractivity contribution in [1.82, 2.24) is 0 Å². The van der Waals surface area contributed by atoms with Crippen LogP contribution >= 0.6 is 0 Å². The highest BCUT2D eigenvalue weighted by molar-refractivity contribution is 5.89. The monoisotopic (exact) mass is 188 g/mol. The molecule has 0 fully saturated rings. The highest BCUT2D eigenvalue weighted by Crippen LogP contribution is 2.32. The van der Waals surface area contributed by atoms with Gasteiger partial charge in [-0.3, -0.25) is 0 Å². The van der Waals surface area contributed by atoms with E-state index in [1.807, 2.05) is 0 Å². The van der Waals surface area contributed by atoms with Crippen molar-refractivity contribution in [3.8, 4) is 0 Å². The third-order valence-electron chi connectivity index (χ3n) is 3.73. The average molecular weight is 188 g/mol. The fraction of sp³-hybridized carbons (Fsp3) is 0.462. The van der Waals surface area contributed by atoms with Crippen molar-refractivity contribution < 1.29 is 4.58 Å². The zero-order valence-electron chi connectivity index (χ0n) is 9.25. The van der Waals surface area contributed by atoms with Crippen LogP contribution < -0.4 is 0 Å². The number of nitrogens with zero attached hydrogens (tertiary/aromatic N) is 1. The van der Waals surface area contributed by atoms with Gasteiger partial charge in [-0.05, 0) is 12.5 Å². The molecule has 2 rings (SSSR count). The third-order valence-corrected chi connectivity index (χ3v) is 3.73. The maximum absolute atomic E-state index is 2.37. The normalized spacial score (nSPS) is 27.1. The summed E-state index contributed by atoms with van der Waals surface area (Å²) in [7, 11) is 2.18. The fourth-order valence-electron chi connectivity index (χ4n) is 2.32. The molecule has 74 valence electrons. The highest BCUT2D eigenvalue weighted by atomic mass is 15.0. The van der Waals surface area contributed by atoms with Gasteiger partial charge in [-0.2, -0.15) is 0 Å². The molecule has 0 radical (unpaired) electrons. The van der Waals surface area contributed by atoms with E-state index in [2.05, 4.69) is 55.8 Å². The van der Waals surface area contributed by atoms with E-state index in [1.165, 1.54) is 24.2 Å². The average Bonchev–Trinajstić information content (AvgIpc) is 2.49. The highest BCUT2D eigenvalue weighted by Gasteiger charge is 2.40. The molecule has 1 atom stereocenters. The van der Waals surface area contributed by atoms with Gasteiger partial charge in [-0.15, -0.1) is 0 Å². The van der Waals surface area contributed by atoms with Crippen LogP contribution in [0.2, 0.25) is 0 Å². The number of hydrogen-bond donors (Lipinski definition) is 0. The molecule has 0 spiro atoms. The van der Waals surface area contributed by atoms with Crippen LogP contribution in [0.3, 0.4) is 0 Å². The van der Waals surface area contributed by atoms with Crippen LogP contribution in [0.25, 0.3) is 0 Å². The first kappa shape index (κ1) is 9.45. The first-order valence-electron chi connectivity index (χ1n) is 5.25. The largest absolute Gasteiger partial charge is 0.239 e. The molecular formula is C13H18N+. The Hall–Kier alpha value is -1.11. The molecule has 1 aromatic carbocycles. The Kier molecular flexibility index (Phi) is 2.18. The minimum atomic E-state index is 0.260. The van der Waals surface area contributed by atoms with Crippen LogP contribution in [0, 0.1) is 0 Å². The molecule has 0 amide bonds. The van der Waals surface area contributed by atoms with E-state index in [1.54, 1.807) is 0 Å². The maximum atomic E-state index is 2.37. The van der Waals surface area contributed by atoms with Crippen molar-refractivity contribution in [2.45, 2.75) is 25.7 Å². The van der Waals surface area contributed by atoms with Gasteiger partial charge in [-0.25, -0.2) is 4.58 Å². The van der Waals surface area contributed by atoms with E-state index < -0.39 is 0 Å². The molecule has 0 saturated carbocycles. The molecule has 0 saturated heterocycles. The second-order valence-electron chi connectivity index (χ2n) is 4.46. The molecular weight excluding hydrogens is 170 g/mol. The Balaban J connectivity index is 2.45. The van der Waals surface area contributed by atoms with Gasteiger partial charge in [0.15, 0.2) is 5.71 Å². The molecule has 1 nitrogen and oxygen atoms in total. The fourth-order valence-corrected chi connectivity index (χ4v) is 2.32. The molecule has 1 unspecified atom stereocenters. The molecule has 0 bridgehead atoms. The molecule has 1 aliphatic heterocycles. The zero-order chi connectivity index (χ0) is 10.2. The Bertz CT molecular complexity index is 364. The predicted molar refractivity (Wildman–Crippen MR) is 60.1 cm³/mol. The maximum Gasteiger partial charge on any atom is 0.159 e. The van der Waals surface area contributed by atoms with Crippen LogP contribution in [-0.2, 0) is 5.41 Å². The summed E-state index contributed by atoms with van der Waals surface area (Å²) in [5, 5.41) is 0. The van der Waals surface area contributed by atoms with E-state index in [0.717, 1.165) is 0 Å². The second kappa shape index (κ2) is 3.23. The minimum absolute atomic E-state index is 0.260. The third kappa shape index (κ3) is 1.28. The first-order valence-corrected chi connectivity index (χ1v) is 5.25. The van der Waals surface area contributed by atoms with Crippen LogP contribution in [0.4, 0.5) is 0 Å². The summed E-state index contributed by atoms with van der Waals surface area (Å²) >= 11 is 0. The summed E-state index contributed by atoms with van der Waals surface area (Å²) in [5.74, 6) is 0. The van der Waals surface area contributed by atoms with Crippen molar-refractivity contribution in [1.29, 1.82) is 0 Å². The van der Waals surface area contributed by atoms with E-state index >= 15 is 0 Å². The molecule has 0 N–H and O–H groups in total. The molecule has 1 aliphatic rings. The van der Waals surface area contributed by atoms with Crippen LogP contribution in [0.1, 0.15) is 25.8 Å². The molecule has 0 aliphatic carbocycles. The standard InChI is InChI=1S/C13H18N/c1-11-13(2,9-10-14(11)3)12-7-5-4-6-8-12/h4-8H,9-10H2,1-3H3/q+1. The van der Waals surface area contributed by atoms with Crippen molar-refractivity contribution in [2.75, 3.05) is 13.6 Å². The quantitative estimate of drug-likeness (QED) is 0.596. The lowest BCUT2D eigenvalue weighted by Gasteiger charge is -2.20. The molecule has 1 aromatic rings. The number of hydrogen-bond acceptors (Lipinski definition) is 0. The lowest BCUT2D eigenvalue weighted by molar-refractivity contribution is -0.489. The van der Waals surface area contributed by atoms with Gasteiger partial charge in [0.1, 0.15) is 13.6 Å². The first-order chi connectivity index (χ1) is 6.64. The summed E-state index contributed by atoms with van der Waals surface area (Å²) < 4.78 is 2.37. The topological polar surface area (TPSA) is 3.01 Å². The van der Waals surface area contributed by atoms with Gasteiger partial charge in [0, 0.05) is 13.3 Å². The van der Waals surface area contributed by atoms with E-state index in [-0.39, 0.29) is 5.41 Å². The molecule has 0 aromatic heterocycles. The van der Waals surface area contributed by atoms with Gasteiger partial charge < -0.3 is 0 Å². The van der Waals surface area contributed by atoms with Crippen molar-refractivity contribution in [3.63, 3.8) is 0 Å². The zero-order valence-corrected chi connectivity index (χ0v) is 9.25. The lowest BCUT2D eigenvalue weighted by atomic mass is 9.78. The molecule has 1 heterocycles. The number of benzene rings is 1. The summed E-state index contributed by atoms with van der Waals surface area (Å²) in [6, 6.07) is 10.8. The molecule has 1 heteroatoms. The second-order valence-corrected chi connectivity index (χ2v) is 4.46. The van der Waals surface area contributed by atoms with Crippen molar-refractivity contribution in [2.24, 2.45) is 0 Å². The van der Waals surface area contributed by atoms with Gasteiger partial charge in [0.05, 0.1) is 5.41 Å². The van der Waals surface area contributed by atoms with Crippen LogP contribution in [0.15, 0.2) is 30.3 Å². The predicted octanol–water partition coefficient (Wildman–Crippen LogP) is 2.45. The van der Waals surface area contributed by atoms with Crippen LogP contribution in [-0.4, -0.2) is 23.9 Å². The Morgan fingerprint density at radius 1 is 1.21 bits per heavy atom. The van der Waals surface area contributed by atoms with E-state index in [0.29, 0.717) is 0 Å². The van der Waals surface area contributed by atoms with E-state index in [4.69, 9.17) is 0 Å². The number of rotatable bonds is 1. The Morgan fingerprint density at radius 2 is 1.86 bits per heavy atom. The van der Waals surface area contributed by atoms with Gasteiger partial charge in [0.25, 0.3) is 0 Å². The summed E-state index contributed by atoms with van der Waals surface area (Å²) in [4.78, 5) is 0. The smallest absolute Gasteiger partial charge is 0.159 e.